The molecule has 0 unspecified atom stereocenters. The molecule has 1 aliphatic heterocycles. The van der Waals surface area contributed by atoms with Crippen molar-refractivity contribution in [1.29, 1.82) is 0 Å². The molecule has 0 spiro atoms. The Labute approximate surface area is 108 Å². The number of fused-ring (bicyclic) bond motifs is 1. The van der Waals surface area contributed by atoms with Crippen LogP contribution in [0.2, 0.25) is 0 Å². The van der Waals surface area contributed by atoms with Crippen molar-refractivity contribution in [3.05, 3.63) is 35.4 Å². The molecule has 18 heavy (non-hydrogen) atoms. The smallest absolute Gasteiger partial charge is 0.236 e. The van der Waals surface area contributed by atoms with E-state index in [9.17, 15) is 4.79 Å². The lowest BCUT2D eigenvalue weighted by Gasteiger charge is -2.20. The number of carbonyl (C=O) groups is 1. The zero-order valence-corrected chi connectivity index (χ0v) is 10.5. The second-order valence-electron chi connectivity index (χ2n) is 4.46. The maximum absolute atomic E-state index is 12.0. The third kappa shape index (κ3) is 3.12. The van der Waals surface area contributed by atoms with Gasteiger partial charge in [-0.2, -0.15) is 0 Å². The predicted octanol–water partition coefficient (Wildman–Crippen LogP) is 0.837. The summed E-state index contributed by atoms with van der Waals surface area (Å²) in [7, 11) is 0. The highest BCUT2D eigenvalue weighted by molar-refractivity contribution is 5.78. The van der Waals surface area contributed by atoms with Gasteiger partial charge in [0.1, 0.15) is 0 Å². The van der Waals surface area contributed by atoms with Gasteiger partial charge in [-0.25, -0.2) is 0 Å². The maximum atomic E-state index is 12.0. The van der Waals surface area contributed by atoms with Gasteiger partial charge in [0.15, 0.2) is 0 Å². The van der Waals surface area contributed by atoms with E-state index in [-0.39, 0.29) is 5.91 Å². The topological polar surface area (TPSA) is 32.3 Å². The van der Waals surface area contributed by atoms with Crippen LogP contribution in [-0.4, -0.2) is 37.0 Å². The van der Waals surface area contributed by atoms with Gasteiger partial charge in [0.05, 0.1) is 13.1 Å². The van der Waals surface area contributed by atoms with Crippen molar-refractivity contribution in [3.63, 3.8) is 0 Å². The van der Waals surface area contributed by atoms with E-state index in [1.54, 1.807) is 0 Å². The first kappa shape index (κ1) is 12.7. The summed E-state index contributed by atoms with van der Waals surface area (Å²) in [6.45, 7) is 2.38. The molecule has 1 heterocycles. The second kappa shape index (κ2) is 6.23. The molecule has 0 aromatic heterocycles. The zero-order chi connectivity index (χ0) is 12.8. The van der Waals surface area contributed by atoms with Crippen LogP contribution >= 0.6 is 0 Å². The summed E-state index contributed by atoms with van der Waals surface area (Å²) < 4.78 is 0. The lowest BCUT2D eigenvalue weighted by atomic mass is 10.0. The van der Waals surface area contributed by atoms with Crippen LogP contribution in [0.25, 0.3) is 0 Å². The fraction of sp³-hybridized carbons (Fsp3) is 0.400. The molecule has 1 N–H and O–H groups in total. The molecule has 0 saturated carbocycles. The second-order valence-corrected chi connectivity index (χ2v) is 4.46. The molecular weight excluding hydrogens is 224 g/mol. The lowest BCUT2D eigenvalue weighted by Crippen LogP contribution is -2.39. The normalized spacial score (nSPS) is 14.5. The highest BCUT2D eigenvalue weighted by atomic mass is 16.2. The van der Waals surface area contributed by atoms with E-state index >= 15 is 0 Å². The molecule has 0 aliphatic carbocycles. The number of rotatable bonds is 3. The van der Waals surface area contributed by atoms with Crippen molar-refractivity contribution < 1.29 is 4.79 Å². The van der Waals surface area contributed by atoms with Gasteiger partial charge in [0.2, 0.25) is 5.91 Å². The van der Waals surface area contributed by atoms with Gasteiger partial charge in [-0.3, -0.25) is 10.1 Å². The number of nitrogens with one attached hydrogen (secondary N) is 1. The summed E-state index contributed by atoms with van der Waals surface area (Å²) in [4.78, 5) is 13.9. The first-order valence-electron chi connectivity index (χ1n) is 6.30. The number of carbonyl (C=O) groups excluding carboxylic acids is 1. The highest BCUT2D eigenvalue weighted by Gasteiger charge is 2.17. The largest absolute Gasteiger partial charge is 0.341 e. The molecule has 1 aromatic rings. The van der Waals surface area contributed by atoms with E-state index in [1.807, 2.05) is 4.90 Å². The van der Waals surface area contributed by atoms with Crippen LogP contribution < -0.4 is 5.32 Å². The lowest BCUT2D eigenvalue weighted by molar-refractivity contribution is -0.130. The molecule has 94 valence electrons. The molecule has 0 radical (unpaired) electrons. The maximum Gasteiger partial charge on any atom is 0.236 e. The molecule has 0 bridgehead atoms. The fourth-order valence-electron chi connectivity index (χ4n) is 2.27. The SMILES string of the molecule is C#CCNCC(=O)N1CCc2ccccc2CC1. The van der Waals surface area contributed by atoms with Crippen LogP contribution in [0.1, 0.15) is 11.1 Å². The van der Waals surface area contributed by atoms with Gasteiger partial charge in [0.25, 0.3) is 0 Å². The number of nitrogens with zero attached hydrogens (tertiary/aromatic N) is 1. The van der Waals surface area contributed by atoms with Crippen LogP contribution in [-0.2, 0) is 17.6 Å². The number of hydrogen-bond acceptors (Lipinski definition) is 2. The van der Waals surface area contributed by atoms with Gasteiger partial charge in [-0.05, 0) is 24.0 Å². The minimum Gasteiger partial charge on any atom is -0.341 e. The van der Waals surface area contributed by atoms with Gasteiger partial charge in [-0.1, -0.05) is 30.2 Å². The average Bonchev–Trinajstić information content (AvgIpc) is 2.61. The van der Waals surface area contributed by atoms with Gasteiger partial charge in [0, 0.05) is 13.1 Å². The predicted molar refractivity (Wildman–Crippen MR) is 72.1 cm³/mol. The minimum atomic E-state index is 0.137. The molecule has 1 aliphatic rings. The number of amides is 1. The van der Waals surface area contributed by atoms with Crippen molar-refractivity contribution in [2.75, 3.05) is 26.2 Å². The van der Waals surface area contributed by atoms with Crippen molar-refractivity contribution in [3.8, 4) is 12.3 Å². The van der Waals surface area contributed by atoms with Crippen LogP contribution in [0.15, 0.2) is 24.3 Å². The monoisotopic (exact) mass is 242 g/mol. The fourth-order valence-corrected chi connectivity index (χ4v) is 2.27. The Morgan fingerprint density at radius 3 is 2.44 bits per heavy atom. The Hall–Kier alpha value is -1.79. The quantitative estimate of drug-likeness (QED) is 0.629. The number of hydrogen-bond donors (Lipinski definition) is 1. The molecule has 3 nitrogen and oxygen atoms in total. The van der Waals surface area contributed by atoms with Gasteiger partial charge < -0.3 is 4.90 Å². The summed E-state index contributed by atoms with van der Waals surface area (Å²) in [6.07, 6.45) is 7.02. The molecule has 0 fully saturated rings. The number of terminal acetylenes is 1. The molecule has 3 heteroatoms. The Kier molecular flexibility index (Phi) is 4.38. The Bertz CT molecular complexity index is 435. The third-order valence-electron chi connectivity index (χ3n) is 3.28. The van der Waals surface area contributed by atoms with Crippen molar-refractivity contribution in [1.82, 2.24) is 10.2 Å². The standard InChI is InChI=1S/C15H18N2O/c1-2-9-16-12-15(18)17-10-7-13-5-3-4-6-14(13)8-11-17/h1,3-6,16H,7-12H2. The summed E-state index contributed by atoms with van der Waals surface area (Å²) in [5.74, 6) is 2.61. The Morgan fingerprint density at radius 1 is 1.28 bits per heavy atom. The molecule has 1 aromatic carbocycles. The average molecular weight is 242 g/mol. The molecule has 0 saturated heterocycles. The molecule has 1 amide bonds. The molecule has 2 rings (SSSR count). The van der Waals surface area contributed by atoms with Gasteiger partial charge >= 0.3 is 0 Å². The van der Waals surface area contributed by atoms with E-state index in [2.05, 4.69) is 35.5 Å². The van der Waals surface area contributed by atoms with Crippen LogP contribution in [0.5, 0.6) is 0 Å². The first-order chi connectivity index (χ1) is 8.81. The first-order valence-corrected chi connectivity index (χ1v) is 6.30. The van der Waals surface area contributed by atoms with Crippen molar-refractivity contribution in [2.45, 2.75) is 12.8 Å². The summed E-state index contributed by atoms with van der Waals surface area (Å²) >= 11 is 0. The zero-order valence-electron chi connectivity index (χ0n) is 10.5. The van der Waals surface area contributed by atoms with E-state index in [0.717, 1.165) is 25.9 Å². The summed E-state index contributed by atoms with van der Waals surface area (Å²) in [5, 5.41) is 2.95. The van der Waals surface area contributed by atoms with E-state index < -0.39 is 0 Å². The van der Waals surface area contributed by atoms with Crippen molar-refractivity contribution >= 4 is 5.91 Å². The third-order valence-corrected chi connectivity index (χ3v) is 3.28. The Balaban J connectivity index is 1.92. The summed E-state index contributed by atoms with van der Waals surface area (Å²) in [6, 6.07) is 8.43. The van der Waals surface area contributed by atoms with Crippen molar-refractivity contribution in [2.24, 2.45) is 0 Å². The van der Waals surface area contributed by atoms with Crippen LogP contribution in [0.4, 0.5) is 0 Å². The summed E-state index contributed by atoms with van der Waals surface area (Å²) in [5.41, 5.74) is 2.73. The number of benzene rings is 1. The van der Waals surface area contributed by atoms with E-state index in [0.29, 0.717) is 13.1 Å². The molecular formula is C15H18N2O. The van der Waals surface area contributed by atoms with E-state index in [4.69, 9.17) is 6.42 Å². The minimum absolute atomic E-state index is 0.137. The van der Waals surface area contributed by atoms with Gasteiger partial charge in [-0.15, -0.1) is 6.42 Å². The van der Waals surface area contributed by atoms with E-state index in [1.165, 1.54) is 11.1 Å². The van der Waals surface area contributed by atoms with Crippen LogP contribution in [0, 0.1) is 12.3 Å². The van der Waals surface area contributed by atoms with Crippen LogP contribution in [0.3, 0.4) is 0 Å². The molecule has 0 atom stereocenters. The highest BCUT2D eigenvalue weighted by Crippen LogP contribution is 2.15. The Morgan fingerprint density at radius 2 is 1.89 bits per heavy atom.